The molecule has 1 fully saturated rings. The molecule has 1 aromatic heterocycles. The summed E-state index contributed by atoms with van der Waals surface area (Å²) in [6, 6.07) is 0. The maximum absolute atomic E-state index is 11.1. The Labute approximate surface area is 117 Å². The molecule has 0 atom stereocenters. The van der Waals surface area contributed by atoms with E-state index in [-0.39, 0.29) is 17.3 Å². The van der Waals surface area contributed by atoms with E-state index in [0.717, 1.165) is 25.7 Å². The number of carbonyl (C=O) groups is 1. The van der Waals surface area contributed by atoms with Crippen LogP contribution in [0.4, 0.5) is 5.82 Å². The number of nitrogens with one attached hydrogen (secondary N) is 1. The molecule has 0 spiro atoms. The number of rotatable bonds is 4. The van der Waals surface area contributed by atoms with Crippen LogP contribution in [0.15, 0.2) is 0 Å². The van der Waals surface area contributed by atoms with Crippen LogP contribution in [0.25, 0.3) is 0 Å². The highest BCUT2D eigenvalue weighted by molar-refractivity contribution is 6.32. The van der Waals surface area contributed by atoms with Gasteiger partial charge in [0.2, 0.25) is 0 Å². The van der Waals surface area contributed by atoms with Gasteiger partial charge in [-0.2, -0.15) is 0 Å². The summed E-state index contributed by atoms with van der Waals surface area (Å²) in [6.07, 6.45) is 5.67. The second-order valence-corrected chi connectivity index (χ2v) is 5.42. The van der Waals surface area contributed by atoms with Crippen LogP contribution in [0.3, 0.4) is 0 Å². The number of halogens is 1. The second kappa shape index (κ2) is 5.84. The third kappa shape index (κ3) is 3.04. The van der Waals surface area contributed by atoms with Gasteiger partial charge in [0.25, 0.3) is 0 Å². The summed E-state index contributed by atoms with van der Waals surface area (Å²) in [5.74, 6) is 0.922. The zero-order chi connectivity index (χ0) is 13.9. The van der Waals surface area contributed by atoms with E-state index in [1.165, 1.54) is 6.42 Å². The molecular weight excluding hydrogens is 266 g/mol. The van der Waals surface area contributed by atoms with Crippen LogP contribution < -0.4 is 5.32 Å². The van der Waals surface area contributed by atoms with E-state index in [2.05, 4.69) is 15.3 Å². The summed E-state index contributed by atoms with van der Waals surface area (Å²) >= 11 is 5.96. The van der Waals surface area contributed by atoms with E-state index in [0.29, 0.717) is 17.9 Å². The molecule has 5 nitrogen and oxygen atoms in total. The molecule has 0 unspecified atom stereocenters. The largest absolute Gasteiger partial charge is 0.394 e. The number of nitrogens with zero attached hydrogens (tertiary/aromatic N) is 2. The first-order valence-corrected chi connectivity index (χ1v) is 6.86. The summed E-state index contributed by atoms with van der Waals surface area (Å²) in [7, 11) is 0. The Morgan fingerprint density at radius 3 is 2.63 bits per heavy atom. The summed E-state index contributed by atoms with van der Waals surface area (Å²) < 4.78 is 0. The fourth-order valence-corrected chi connectivity index (χ4v) is 2.81. The Balaban J connectivity index is 2.33. The number of aliphatic hydroxyl groups excluding tert-OH is 1. The fourth-order valence-electron chi connectivity index (χ4n) is 2.55. The van der Waals surface area contributed by atoms with Gasteiger partial charge in [-0.25, -0.2) is 9.97 Å². The van der Waals surface area contributed by atoms with Crippen LogP contribution in [0, 0.1) is 6.92 Å². The lowest BCUT2D eigenvalue weighted by Gasteiger charge is -2.37. The summed E-state index contributed by atoms with van der Waals surface area (Å²) in [5, 5.41) is 13.1. The van der Waals surface area contributed by atoms with Gasteiger partial charge in [0, 0.05) is 0 Å². The number of carbonyl (C=O) groups excluding carboxylic acids is 1. The number of aromatic nitrogens is 2. The quantitative estimate of drug-likeness (QED) is 0.655. The number of hydrogen-bond donors (Lipinski definition) is 2. The van der Waals surface area contributed by atoms with E-state index >= 15 is 0 Å². The van der Waals surface area contributed by atoms with Gasteiger partial charge in [0.05, 0.1) is 17.7 Å². The predicted octanol–water partition coefficient (Wildman–Crippen LogP) is 2.36. The van der Waals surface area contributed by atoms with Gasteiger partial charge in [-0.1, -0.05) is 30.9 Å². The Bertz CT molecular complexity index is 473. The van der Waals surface area contributed by atoms with E-state index in [1.807, 2.05) is 0 Å². The molecule has 2 rings (SSSR count). The lowest BCUT2D eigenvalue weighted by molar-refractivity contribution is 0.112. The molecule has 2 N–H and O–H groups in total. The number of hydrogen-bond acceptors (Lipinski definition) is 5. The number of aryl methyl sites for hydroxylation is 1. The minimum Gasteiger partial charge on any atom is -0.394 e. The molecule has 0 bridgehead atoms. The normalized spacial score (nSPS) is 18.1. The Hall–Kier alpha value is -1.20. The molecule has 19 heavy (non-hydrogen) atoms. The predicted molar refractivity (Wildman–Crippen MR) is 73.7 cm³/mol. The van der Waals surface area contributed by atoms with E-state index in [4.69, 9.17) is 11.6 Å². The Kier molecular flexibility index (Phi) is 4.37. The van der Waals surface area contributed by atoms with Crippen molar-refractivity contribution >= 4 is 23.7 Å². The number of aliphatic hydroxyl groups is 1. The van der Waals surface area contributed by atoms with Crippen molar-refractivity contribution in [3.05, 3.63) is 16.5 Å². The number of anilines is 1. The SMILES string of the molecule is Cc1nc(Cl)c(C=O)c(NC2(CO)CCCCC2)n1. The lowest BCUT2D eigenvalue weighted by atomic mass is 9.82. The van der Waals surface area contributed by atoms with Crippen molar-refractivity contribution in [2.24, 2.45) is 0 Å². The summed E-state index contributed by atoms with van der Waals surface area (Å²) in [5.41, 5.74) is -0.147. The molecule has 0 aliphatic heterocycles. The Morgan fingerprint density at radius 1 is 1.37 bits per heavy atom. The van der Waals surface area contributed by atoms with Crippen molar-refractivity contribution in [2.45, 2.75) is 44.6 Å². The molecule has 0 saturated heterocycles. The standard InChI is InChI=1S/C13H18ClN3O2/c1-9-15-11(14)10(7-18)12(16-9)17-13(8-19)5-3-2-4-6-13/h7,19H,2-6,8H2,1H3,(H,15,16,17). The third-order valence-corrected chi connectivity index (χ3v) is 3.91. The molecule has 104 valence electrons. The molecule has 0 radical (unpaired) electrons. The van der Waals surface area contributed by atoms with E-state index in [1.54, 1.807) is 6.92 Å². The maximum Gasteiger partial charge on any atom is 0.156 e. The smallest absolute Gasteiger partial charge is 0.156 e. The molecule has 1 saturated carbocycles. The van der Waals surface area contributed by atoms with Crippen molar-refractivity contribution < 1.29 is 9.90 Å². The Morgan fingerprint density at radius 2 is 2.05 bits per heavy atom. The molecule has 0 aromatic carbocycles. The second-order valence-electron chi connectivity index (χ2n) is 5.07. The van der Waals surface area contributed by atoms with Crippen LogP contribution >= 0.6 is 11.6 Å². The minimum absolute atomic E-state index is 0.0198. The first kappa shape index (κ1) is 14.2. The monoisotopic (exact) mass is 283 g/mol. The van der Waals surface area contributed by atoms with E-state index < -0.39 is 5.54 Å². The first-order valence-electron chi connectivity index (χ1n) is 6.48. The van der Waals surface area contributed by atoms with Crippen molar-refractivity contribution in [1.29, 1.82) is 0 Å². The number of aldehydes is 1. The highest BCUT2D eigenvalue weighted by Crippen LogP contribution is 2.32. The molecule has 1 aromatic rings. The van der Waals surface area contributed by atoms with Gasteiger partial charge in [-0.3, -0.25) is 4.79 Å². The first-order chi connectivity index (χ1) is 9.10. The van der Waals surface area contributed by atoms with Crippen molar-refractivity contribution in [2.75, 3.05) is 11.9 Å². The van der Waals surface area contributed by atoms with Crippen LogP contribution in [-0.4, -0.2) is 33.5 Å². The zero-order valence-electron chi connectivity index (χ0n) is 10.9. The van der Waals surface area contributed by atoms with E-state index in [9.17, 15) is 9.90 Å². The summed E-state index contributed by atoms with van der Waals surface area (Å²) in [6.45, 7) is 1.74. The van der Waals surface area contributed by atoms with Gasteiger partial charge in [0.15, 0.2) is 6.29 Å². The molecule has 6 heteroatoms. The maximum atomic E-state index is 11.1. The third-order valence-electron chi connectivity index (χ3n) is 3.63. The van der Waals surface area contributed by atoms with Crippen LogP contribution in [0.2, 0.25) is 5.15 Å². The van der Waals surface area contributed by atoms with Crippen LogP contribution in [0.1, 0.15) is 48.3 Å². The molecular formula is C13H18ClN3O2. The molecule has 0 amide bonds. The van der Waals surface area contributed by atoms with Crippen molar-refractivity contribution in [1.82, 2.24) is 9.97 Å². The minimum atomic E-state index is -0.403. The van der Waals surface area contributed by atoms with Crippen LogP contribution in [-0.2, 0) is 0 Å². The van der Waals surface area contributed by atoms with Gasteiger partial charge in [-0.15, -0.1) is 0 Å². The lowest BCUT2D eigenvalue weighted by Crippen LogP contribution is -2.44. The average Bonchev–Trinajstić information content (AvgIpc) is 2.39. The van der Waals surface area contributed by atoms with Gasteiger partial charge in [0.1, 0.15) is 16.8 Å². The molecule has 1 aliphatic carbocycles. The highest BCUT2D eigenvalue weighted by Gasteiger charge is 2.32. The topological polar surface area (TPSA) is 75.1 Å². The highest BCUT2D eigenvalue weighted by atomic mass is 35.5. The summed E-state index contributed by atoms with van der Waals surface area (Å²) in [4.78, 5) is 19.3. The molecule has 1 heterocycles. The molecule has 1 aliphatic rings. The van der Waals surface area contributed by atoms with Crippen molar-refractivity contribution in [3.8, 4) is 0 Å². The fraction of sp³-hybridized carbons (Fsp3) is 0.615. The van der Waals surface area contributed by atoms with Gasteiger partial charge < -0.3 is 10.4 Å². The van der Waals surface area contributed by atoms with Gasteiger partial charge >= 0.3 is 0 Å². The van der Waals surface area contributed by atoms with Crippen LogP contribution in [0.5, 0.6) is 0 Å². The van der Waals surface area contributed by atoms with Gasteiger partial charge in [-0.05, 0) is 19.8 Å². The average molecular weight is 284 g/mol. The van der Waals surface area contributed by atoms with Crippen molar-refractivity contribution in [3.63, 3.8) is 0 Å². The zero-order valence-corrected chi connectivity index (χ0v) is 11.7.